The van der Waals surface area contributed by atoms with Crippen molar-refractivity contribution in [2.75, 3.05) is 0 Å². The number of ketones is 1. The van der Waals surface area contributed by atoms with Gasteiger partial charge >= 0.3 is 0 Å². The van der Waals surface area contributed by atoms with Gasteiger partial charge in [0, 0.05) is 12.3 Å². The standard InChI is InChI=1S/C15H18ClFO/c1-10-5-7-11(8-6-10)14(18)9-12-3-2-4-13(17)15(12)16/h2-4,10-11H,5-9H2,1H3. The highest BCUT2D eigenvalue weighted by atomic mass is 35.5. The van der Waals surface area contributed by atoms with Gasteiger partial charge in [-0.25, -0.2) is 4.39 Å². The molecule has 2 rings (SSSR count). The third-order valence-electron chi connectivity index (χ3n) is 3.87. The maximum Gasteiger partial charge on any atom is 0.142 e. The fourth-order valence-electron chi connectivity index (χ4n) is 2.60. The lowest BCUT2D eigenvalue weighted by Crippen LogP contribution is -2.22. The highest BCUT2D eigenvalue weighted by Crippen LogP contribution is 2.30. The second-order valence-corrected chi connectivity index (χ2v) is 5.69. The average molecular weight is 269 g/mol. The van der Waals surface area contributed by atoms with E-state index >= 15 is 0 Å². The lowest BCUT2D eigenvalue weighted by Gasteiger charge is -2.25. The zero-order valence-electron chi connectivity index (χ0n) is 10.6. The summed E-state index contributed by atoms with van der Waals surface area (Å²) in [5.41, 5.74) is 0.611. The van der Waals surface area contributed by atoms with Crippen LogP contribution in [0.4, 0.5) is 4.39 Å². The smallest absolute Gasteiger partial charge is 0.142 e. The van der Waals surface area contributed by atoms with Crippen molar-refractivity contribution in [2.24, 2.45) is 11.8 Å². The van der Waals surface area contributed by atoms with Crippen molar-refractivity contribution in [3.05, 3.63) is 34.6 Å². The molecule has 0 radical (unpaired) electrons. The molecular weight excluding hydrogens is 251 g/mol. The second kappa shape index (κ2) is 5.83. The number of Topliss-reactive ketones (excluding diaryl/α,β-unsaturated/α-hetero) is 1. The van der Waals surface area contributed by atoms with Crippen LogP contribution in [-0.4, -0.2) is 5.78 Å². The van der Waals surface area contributed by atoms with Crippen LogP contribution in [0.3, 0.4) is 0 Å². The maximum atomic E-state index is 13.3. The van der Waals surface area contributed by atoms with Gasteiger partial charge in [0.2, 0.25) is 0 Å². The third kappa shape index (κ3) is 3.11. The number of carbonyl (C=O) groups excluding carboxylic acids is 1. The van der Waals surface area contributed by atoms with E-state index in [1.54, 1.807) is 12.1 Å². The molecule has 0 aliphatic heterocycles. The summed E-state index contributed by atoms with van der Waals surface area (Å²) in [4.78, 5) is 12.2. The van der Waals surface area contributed by atoms with Crippen molar-refractivity contribution in [2.45, 2.75) is 39.0 Å². The Morgan fingerprint density at radius 3 is 2.67 bits per heavy atom. The summed E-state index contributed by atoms with van der Waals surface area (Å²) in [6.07, 6.45) is 4.43. The Bertz CT molecular complexity index is 436. The molecule has 1 aromatic rings. The molecule has 98 valence electrons. The Kier molecular flexibility index (Phi) is 4.39. The molecule has 0 heterocycles. The van der Waals surface area contributed by atoms with E-state index in [9.17, 15) is 9.18 Å². The number of carbonyl (C=O) groups is 1. The lowest BCUT2D eigenvalue weighted by molar-refractivity contribution is -0.123. The van der Waals surface area contributed by atoms with E-state index in [1.807, 2.05) is 0 Å². The normalized spacial score (nSPS) is 23.9. The quantitative estimate of drug-likeness (QED) is 0.793. The second-order valence-electron chi connectivity index (χ2n) is 5.31. The topological polar surface area (TPSA) is 17.1 Å². The number of rotatable bonds is 3. The molecule has 1 nitrogen and oxygen atoms in total. The van der Waals surface area contributed by atoms with Crippen molar-refractivity contribution in [1.29, 1.82) is 0 Å². The Morgan fingerprint density at radius 1 is 1.33 bits per heavy atom. The van der Waals surface area contributed by atoms with Gasteiger partial charge in [-0.15, -0.1) is 0 Å². The first-order valence-electron chi connectivity index (χ1n) is 6.53. The third-order valence-corrected chi connectivity index (χ3v) is 4.29. The molecule has 0 bridgehead atoms. The Balaban J connectivity index is 2.01. The highest BCUT2D eigenvalue weighted by Gasteiger charge is 2.24. The molecule has 3 heteroatoms. The van der Waals surface area contributed by atoms with Crippen LogP contribution in [0, 0.1) is 17.7 Å². The van der Waals surface area contributed by atoms with E-state index < -0.39 is 5.82 Å². The summed E-state index contributed by atoms with van der Waals surface area (Å²) in [5, 5.41) is 0.0926. The fraction of sp³-hybridized carbons (Fsp3) is 0.533. The van der Waals surface area contributed by atoms with E-state index in [0.29, 0.717) is 5.56 Å². The zero-order valence-corrected chi connectivity index (χ0v) is 11.3. The van der Waals surface area contributed by atoms with Gasteiger partial charge in [0.05, 0.1) is 5.02 Å². The van der Waals surface area contributed by atoms with E-state index in [4.69, 9.17) is 11.6 Å². The first-order valence-corrected chi connectivity index (χ1v) is 6.91. The van der Waals surface area contributed by atoms with Crippen molar-refractivity contribution >= 4 is 17.4 Å². The molecule has 0 unspecified atom stereocenters. The molecule has 1 saturated carbocycles. The average Bonchev–Trinajstić information content (AvgIpc) is 2.36. The van der Waals surface area contributed by atoms with Crippen LogP contribution in [0.5, 0.6) is 0 Å². The molecular formula is C15H18ClFO. The van der Waals surface area contributed by atoms with Crippen LogP contribution < -0.4 is 0 Å². The fourth-order valence-corrected chi connectivity index (χ4v) is 2.79. The number of benzene rings is 1. The van der Waals surface area contributed by atoms with E-state index in [2.05, 4.69) is 6.92 Å². The van der Waals surface area contributed by atoms with Gasteiger partial charge in [0.15, 0.2) is 0 Å². The molecule has 1 fully saturated rings. The predicted octanol–water partition coefficient (Wildman–Crippen LogP) is 4.42. The van der Waals surface area contributed by atoms with Crippen LogP contribution >= 0.6 is 11.6 Å². The summed E-state index contributed by atoms with van der Waals surface area (Å²) >= 11 is 5.87. The number of halogens is 2. The van der Waals surface area contributed by atoms with Crippen molar-refractivity contribution in [3.8, 4) is 0 Å². The van der Waals surface area contributed by atoms with Crippen LogP contribution in [0.15, 0.2) is 18.2 Å². The van der Waals surface area contributed by atoms with Crippen molar-refractivity contribution in [1.82, 2.24) is 0 Å². The van der Waals surface area contributed by atoms with E-state index in [1.165, 1.54) is 6.07 Å². The Morgan fingerprint density at radius 2 is 2.00 bits per heavy atom. The summed E-state index contributed by atoms with van der Waals surface area (Å²) in [6.45, 7) is 2.23. The van der Waals surface area contributed by atoms with Crippen molar-refractivity contribution < 1.29 is 9.18 Å². The molecule has 0 aromatic heterocycles. The minimum Gasteiger partial charge on any atom is -0.299 e. The van der Waals surface area contributed by atoms with Crippen LogP contribution in [0.1, 0.15) is 38.2 Å². The molecule has 0 spiro atoms. The van der Waals surface area contributed by atoms with Gasteiger partial charge in [-0.1, -0.05) is 43.5 Å². The minimum atomic E-state index is -0.445. The molecule has 1 aliphatic rings. The van der Waals surface area contributed by atoms with E-state index in [0.717, 1.165) is 31.6 Å². The lowest BCUT2D eigenvalue weighted by atomic mass is 9.79. The summed E-state index contributed by atoms with van der Waals surface area (Å²) in [7, 11) is 0. The SMILES string of the molecule is CC1CCC(C(=O)Cc2cccc(F)c2Cl)CC1. The zero-order chi connectivity index (χ0) is 13.1. The first-order chi connectivity index (χ1) is 8.58. The maximum absolute atomic E-state index is 13.3. The van der Waals surface area contributed by atoms with Gasteiger partial charge in [0.25, 0.3) is 0 Å². The van der Waals surface area contributed by atoms with Gasteiger partial charge in [-0.05, 0) is 30.4 Å². The minimum absolute atomic E-state index is 0.0926. The van der Waals surface area contributed by atoms with Gasteiger partial charge in [0.1, 0.15) is 11.6 Å². The predicted molar refractivity (Wildman–Crippen MR) is 71.2 cm³/mol. The largest absolute Gasteiger partial charge is 0.299 e. The van der Waals surface area contributed by atoms with Crippen LogP contribution in [0.2, 0.25) is 5.02 Å². The van der Waals surface area contributed by atoms with Gasteiger partial charge in [-0.2, -0.15) is 0 Å². The molecule has 0 atom stereocenters. The summed E-state index contributed by atoms with van der Waals surface area (Å²) < 4.78 is 13.3. The number of hydrogen-bond donors (Lipinski definition) is 0. The number of hydrogen-bond acceptors (Lipinski definition) is 1. The molecule has 0 amide bonds. The van der Waals surface area contributed by atoms with Crippen molar-refractivity contribution in [3.63, 3.8) is 0 Å². The Hall–Kier alpha value is -0.890. The van der Waals surface area contributed by atoms with E-state index in [-0.39, 0.29) is 23.1 Å². The molecule has 0 N–H and O–H groups in total. The molecule has 0 saturated heterocycles. The summed E-state index contributed by atoms with van der Waals surface area (Å²) in [5.74, 6) is 0.626. The molecule has 1 aromatic carbocycles. The van der Waals surface area contributed by atoms with Crippen LogP contribution in [0.25, 0.3) is 0 Å². The van der Waals surface area contributed by atoms with Gasteiger partial charge in [-0.3, -0.25) is 4.79 Å². The highest BCUT2D eigenvalue weighted by molar-refractivity contribution is 6.31. The Labute approximate surface area is 112 Å². The monoisotopic (exact) mass is 268 g/mol. The summed E-state index contributed by atoms with van der Waals surface area (Å²) in [6, 6.07) is 4.65. The van der Waals surface area contributed by atoms with Gasteiger partial charge < -0.3 is 0 Å². The molecule has 1 aliphatic carbocycles. The van der Waals surface area contributed by atoms with Crippen LogP contribution in [-0.2, 0) is 11.2 Å². The molecule has 18 heavy (non-hydrogen) atoms. The first kappa shape index (κ1) is 13.5.